The summed E-state index contributed by atoms with van der Waals surface area (Å²) in [7, 11) is 0. The molecule has 0 amide bonds. The Morgan fingerprint density at radius 1 is 1.22 bits per heavy atom. The van der Waals surface area contributed by atoms with Gasteiger partial charge in [-0.05, 0) is 48.4 Å². The molecule has 2 atom stereocenters. The quantitative estimate of drug-likeness (QED) is 0.831. The van der Waals surface area contributed by atoms with Gasteiger partial charge in [-0.15, -0.1) is 0 Å². The van der Waals surface area contributed by atoms with Crippen LogP contribution in [0.1, 0.15) is 37.3 Å². The van der Waals surface area contributed by atoms with Gasteiger partial charge in [0.2, 0.25) is 0 Å². The van der Waals surface area contributed by atoms with Crippen molar-refractivity contribution in [2.45, 2.75) is 31.7 Å². The predicted molar refractivity (Wildman–Crippen MR) is 107 cm³/mol. The van der Waals surface area contributed by atoms with Crippen molar-refractivity contribution >= 4 is 17.6 Å². The molecule has 140 valence electrons. The minimum atomic E-state index is -0.427. The molecule has 0 aromatic heterocycles. The van der Waals surface area contributed by atoms with Crippen molar-refractivity contribution in [1.29, 1.82) is 0 Å². The molecule has 2 N–H and O–H groups in total. The summed E-state index contributed by atoms with van der Waals surface area (Å²) in [4.78, 5) is 9.40. The Morgan fingerprint density at radius 2 is 2.11 bits per heavy atom. The second-order valence-corrected chi connectivity index (χ2v) is 8.23. The third-order valence-electron chi connectivity index (χ3n) is 6.27. The third-order valence-corrected chi connectivity index (χ3v) is 6.27. The Balaban J connectivity index is 1.65. The highest BCUT2D eigenvalue weighted by atomic mass is 16.5. The predicted octanol–water partition coefficient (Wildman–Crippen LogP) is 3.45. The highest BCUT2D eigenvalue weighted by Gasteiger charge is 2.64. The van der Waals surface area contributed by atoms with Gasteiger partial charge in [-0.1, -0.05) is 25.1 Å². The van der Waals surface area contributed by atoms with Gasteiger partial charge in [-0.25, -0.2) is 0 Å². The van der Waals surface area contributed by atoms with Crippen LogP contribution in [0.5, 0.6) is 5.75 Å². The first-order chi connectivity index (χ1) is 13.1. The highest BCUT2D eigenvalue weighted by Crippen LogP contribution is 2.64. The number of hydrogen-bond acceptors (Lipinski definition) is 5. The van der Waals surface area contributed by atoms with Gasteiger partial charge in [0.05, 0.1) is 13.2 Å². The van der Waals surface area contributed by atoms with Crippen molar-refractivity contribution in [3.8, 4) is 5.75 Å². The number of nitrogens with zero attached hydrogens (tertiary/aromatic N) is 2. The van der Waals surface area contributed by atoms with Gasteiger partial charge in [0.1, 0.15) is 23.7 Å². The van der Waals surface area contributed by atoms with Gasteiger partial charge in [0.15, 0.2) is 0 Å². The summed E-state index contributed by atoms with van der Waals surface area (Å²) < 4.78 is 12.0. The molecule has 0 bridgehead atoms. The first kappa shape index (κ1) is 16.8. The number of nitrogens with two attached hydrogens (primary N) is 1. The van der Waals surface area contributed by atoms with E-state index in [-0.39, 0.29) is 5.41 Å². The van der Waals surface area contributed by atoms with E-state index in [2.05, 4.69) is 42.3 Å². The minimum Gasteiger partial charge on any atom is -0.493 e. The Bertz CT molecular complexity index is 895. The van der Waals surface area contributed by atoms with Crippen LogP contribution >= 0.6 is 0 Å². The lowest BCUT2D eigenvalue weighted by Gasteiger charge is -2.44. The van der Waals surface area contributed by atoms with Crippen molar-refractivity contribution in [2.24, 2.45) is 27.1 Å². The van der Waals surface area contributed by atoms with Crippen LogP contribution < -0.4 is 10.5 Å². The van der Waals surface area contributed by atoms with Gasteiger partial charge in [0, 0.05) is 23.4 Å². The van der Waals surface area contributed by atoms with E-state index in [1.165, 1.54) is 0 Å². The first-order valence-electron chi connectivity index (χ1n) is 9.72. The van der Waals surface area contributed by atoms with Crippen LogP contribution in [-0.2, 0) is 10.3 Å². The molecule has 1 fully saturated rings. The summed E-state index contributed by atoms with van der Waals surface area (Å²) >= 11 is 0. The van der Waals surface area contributed by atoms with Crippen LogP contribution in [0.25, 0.3) is 5.57 Å². The lowest BCUT2D eigenvalue weighted by atomic mass is 9.73. The van der Waals surface area contributed by atoms with Crippen molar-refractivity contribution in [1.82, 2.24) is 0 Å². The normalized spacial score (nSPS) is 35.1. The number of aliphatic imine (C=N–C) groups is 2. The van der Waals surface area contributed by atoms with Crippen LogP contribution in [0.3, 0.4) is 0 Å². The molecule has 1 aliphatic carbocycles. The summed E-state index contributed by atoms with van der Waals surface area (Å²) in [6, 6.07) is 6.40. The van der Waals surface area contributed by atoms with E-state index in [9.17, 15) is 0 Å². The molecule has 1 aromatic carbocycles. The SMILES string of the molecule is CC1\C=C(c2ccc3c(c2)C2(COCC(N)=N2)C2(CC2)CO3)/C=N/C=C/C1. The van der Waals surface area contributed by atoms with E-state index in [1.807, 2.05) is 12.4 Å². The van der Waals surface area contributed by atoms with Gasteiger partial charge < -0.3 is 15.2 Å². The van der Waals surface area contributed by atoms with Crippen molar-refractivity contribution in [2.75, 3.05) is 19.8 Å². The largest absolute Gasteiger partial charge is 0.493 e. The fourth-order valence-electron chi connectivity index (χ4n) is 4.56. The molecule has 0 radical (unpaired) electrons. The van der Waals surface area contributed by atoms with Gasteiger partial charge in [-0.3, -0.25) is 9.98 Å². The van der Waals surface area contributed by atoms with Crippen LogP contribution in [0, 0.1) is 11.3 Å². The molecule has 3 heterocycles. The highest BCUT2D eigenvalue weighted by molar-refractivity contribution is 6.10. The van der Waals surface area contributed by atoms with Crippen LogP contribution in [0.15, 0.2) is 46.5 Å². The Kier molecular flexibility index (Phi) is 3.76. The summed E-state index contributed by atoms with van der Waals surface area (Å²) in [6.07, 6.45) is 11.4. The maximum absolute atomic E-state index is 6.14. The maximum Gasteiger partial charge on any atom is 0.125 e. The smallest absolute Gasteiger partial charge is 0.125 e. The van der Waals surface area contributed by atoms with E-state index in [1.54, 1.807) is 0 Å². The third kappa shape index (κ3) is 2.64. The van der Waals surface area contributed by atoms with Gasteiger partial charge in [-0.2, -0.15) is 0 Å². The minimum absolute atomic E-state index is 0.0170. The lowest BCUT2D eigenvalue weighted by molar-refractivity contribution is 0.0184. The zero-order valence-electron chi connectivity index (χ0n) is 15.6. The number of amidine groups is 1. The van der Waals surface area contributed by atoms with Crippen molar-refractivity contribution in [3.05, 3.63) is 47.7 Å². The first-order valence-corrected chi connectivity index (χ1v) is 9.72. The van der Waals surface area contributed by atoms with E-state index in [0.717, 1.165) is 41.7 Å². The monoisotopic (exact) mass is 363 g/mol. The van der Waals surface area contributed by atoms with Crippen LogP contribution in [-0.4, -0.2) is 31.9 Å². The fraction of sp³-hybridized carbons (Fsp3) is 0.455. The Morgan fingerprint density at radius 3 is 2.93 bits per heavy atom. The molecule has 4 aliphatic rings. The van der Waals surface area contributed by atoms with Crippen molar-refractivity contribution in [3.63, 3.8) is 0 Å². The topological polar surface area (TPSA) is 69.2 Å². The standard InChI is InChI=1S/C22H25N3O2/c1-15-3-2-8-24-11-17(9-15)16-4-5-19-18(10-16)22(14-26-12-20(23)25-22)21(6-7-21)13-27-19/h2,4-5,8-11,15H,3,6-7,12-14H2,1H3,(H2,23,25)/b8-2+,17-9+,24-11+. The number of fused-ring (bicyclic) bond motifs is 3. The fourth-order valence-corrected chi connectivity index (χ4v) is 4.56. The number of allylic oxidation sites excluding steroid dienone is 3. The summed E-state index contributed by atoms with van der Waals surface area (Å²) in [6.45, 7) is 3.90. The molecule has 1 saturated carbocycles. The number of rotatable bonds is 1. The van der Waals surface area contributed by atoms with E-state index < -0.39 is 5.54 Å². The van der Waals surface area contributed by atoms with E-state index in [4.69, 9.17) is 20.2 Å². The van der Waals surface area contributed by atoms with Crippen molar-refractivity contribution < 1.29 is 9.47 Å². The zero-order valence-corrected chi connectivity index (χ0v) is 15.6. The van der Waals surface area contributed by atoms with E-state index in [0.29, 0.717) is 31.6 Å². The second-order valence-electron chi connectivity index (χ2n) is 8.23. The van der Waals surface area contributed by atoms with Crippen LogP contribution in [0.2, 0.25) is 0 Å². The molecule has 5 heteroatoms. The number of benzene rings is 1. The molecule has 3 aliphatic heterocycles. The lowest BCUT2D eigenvalue weighted by Crippen LogP contribution is -2.50. The summed E-state index contributed by atoms with van der Waals surface area (Å²) in [5, 5.41) is 0. The molecule has 5 nitrogen and oxygen atoms in total. The maximum atomic E-state index is 6.14. The van der Waals surface area contributed by atoms with Crippen LogP contribution in [0.4, 0.5) is 0 Å². The molecule has 0 saturated heterocycles. The Labute approximate surface area is 159 Å². The zero-order chi connectivity index (χ0) is 18.5. The Hall–Kier alpha value is -2.40. The molecule has 2 unspecified atom stereocenters. The number of hydrogen-bond donors (Lipinski definition) is 1. The molecular weight excluding hydrogens is 338 g/mol. The van der Waals surface area contributed by atoms with Gasteiger partial charge in [0.25, 0.3) is 0 Å². The molecular formula is C22H25N3O2. The average molecular weight is 363 g/mol. The summed E-state index contributed by atoms with van der Waals surface area (Å²) in [5.41, 5.74) is 9.09. The molecule has 5 rings (SSSR count). The van der Waals surface area contributed by atoms with E-state index >= 15 is 0 Å². The number of ether oxygens (including phenoxy) is 2. The average Bonchev–Trinajstić information content (AvgIpc) is 3.43. The van der Waals surface area contributed by atoms with Gasteiger partial charge >= 0.3 is 0 Å². The summed E-state index contributed by atoms with van der Waals surface area (Å²) in [5.74, 6) is 1.94. The molecule has 1 aromatic rings. The molecule has 27 heavy (non-hydrogen) atoms. The molecule has 2 spiro atoms. The second kappa shape index (κ2) is 6.06.